The number of carbonyl (C=O) groups excluding carboxylic acids is 1. The van der Waals surface area contributed by atoms with Crippen LogP contribution in [0.15, 0.2) is 42.5 Å². The topological polar surface area (TPSA) is 90.7 Å². The number of nitro groups is 1. The van der Waals surface area contributed by atoms with E-state index in [0.717, 1.165) is 5.56 Å². The first-order chi connectivity index (χ1) is 13.3. The maximum Gasteiger partial charge on any atom is 0.273 e. The summed E-state index contributed by atoms with van der Waals surface area (Å²) in [5.74, 6) is 1.35. The molecule has 0 heterocycles. The van der Waals surface area contributed by atoms with Gasteiger partial charge in [0.05, 0.1) is 31.1 Å². The number of amides is 1. The molecule has 0 aromatic heterocycles. The van der Waals surface area contributed by atoms with E-state index in [1.165, 1.54) is 6.07 Å². The SMILES string of the molecule is COc1cc([C@H](C)NC(=O)Cc2ccccc2[N+](=O)[O-])ccc1OCC(C)C. The molecule has 2 aromatic carbocycles. The van der Waals surface area contributed by atoms with Crippen LogP contribution in [0.2, 0.25) is 0 Å². The molecular weight excluding hydrogens is 360 g/mol. The molecule has 0 aliphatic rings. The first kappa shape index (κ1) is 21.2. The zero-order chi connectivity index (χ0) is 20.7. The summed E-state index contributed by atoms with van der Waals surface area (Å²) in [6, 6.07) is 11.5. The predicted octanol–water partition coefficient (Wildman–Crippen LogP) is 4.06. The van der Waals surface area contributed by atoms with Gasteiger partial charge in [0.15, 0.2) is 11.5 Å². The zero-order valence-electron chi connectivity index (χ0n) is 16.6. The minimum atomic E-state index is -0.479. The molecule has 28 heavy (non-hydrogen) atoms. The van der Waals surface area contributed by atoms with Crippen LogP contribution in [0.5, 0.6) is 11.5 Å². The highest BCUT2D eigenvalue weighted by atomic mass is 16.6. The molecule has 0 saturated carbocycles. The number of para-hydroxylation sites is 1. The van der Waals surface area contributed by atoms with Crippen LogP contribution in [-0.2, 0) is 11.2 Å². The first-order valence-corrected chi connectivity index (χ1v) is 9.14. The monoisotopic (exact) mass is 386 g/mol. The van der Waals surface area contributed by atoms with E-state index in [0.29, 0.717) is 29.6 Å². The summed E-state index contributed by atoms with van der Waals surface area (Å²) in [5.41, 5.74) is 1.18. The molecule has 1 atom stereocenters. The highest BCUT2D eigenvalue weighted by molar-refractivity contribution is 5.80. The number of carbonyl (C=O) groups is 1. The van der Waals surface area contributed by atoms with Crippen LogP contribution in [-0.4, -0.2) is 24.5 Å². The number of rotatable bonds is 9. The molecule has 1 amide bonds. The van der Waals surface area contributed by atoms with Crippen LogP contribution in [0.3, 0.4) is 0 Å². The second-order valence-corrected chi connectivity index (χ2v) is 6.97. The molecule has 0 fully saturated rings. The van der Waals surface area contributed by atoms with Crippen LogP contribution in [0.1, 0.15) is 37.9 Å². The van der Waals surface area contributed by atoms with Gasteiger partial charge in [-0.2, -0.15) is 0 Å². The minimum Gasteiger partial charge on any atom is -0.493 e. The Morgan fingerprint density at radius 2 is 1.86 bits per heavy atom. The Morgan fingerprint density at radius 3 is 2.50 bits per heavy atom. The molecule has 0 radical (unpaired) electrons. The van der Waals surface area contributed by atoms with Crippen molar-refractivity contribution in [1.29, 1.82) is 0 Å². The fourth-order valence-electron chi connectivity index (χ4n) is 2.72. The Kier molecular flexibility index (Phi) is 7.37. The van der Waals surface area contributed by atoms with Crippen LogP contribution in [0.4, 0.5) is 5.69 Å². The number of hydrogen-bond acceptors (Lipinski definition) is 5. The summed E-state index contributed by atoms with van der Waals surface area (Å²) in [6.07, 6.45) is -0.0613. The molecule has 0 unspecified atom stereocenters. The van der Waals surface area contributed by atoms with Crippen molar-refractivity contribution in [2.75, 3.05) is 13.7 Å². The van der Waals surface area contributed by atoms with Crippen molar-refractivity contribution in [3.63, 3.8) is 0 Å². The van der Waals surface area contributed by atoms with Gasteiger partial charge >= 0.3 is 0 Å². The third-order valence-electron chi connectivity index (χ3n) is 4.18. The molecule has 0 saturated heterocycles. The first-order valence-electron chi connectivity index (χ1n) is 9.14. The smallest absolute Gasteiger partial charge is 0.273 e. The Morgan fingerprint density at radius 1 is 1.14 bits per heavy atom. The Hall–Kier alpha value is -3.09. The number of ether oxygens (including phenoxy) is 2. The number of methoxy groups -OCH3 is 1. The summed E-state index contributed by atoms with van der Waals surface area (Å²) in [5, 5.41) is 14.0. The van der Waals surface area contributed by atoms with E-state index in [2.05, 4.69) is 19.2 Å². The molecule has 7 heteroatoms. The average Bonchev–Trinajstić information content (AvgIpc) is 2.66. The van der Waals surface area contributed by atoms with E-state index >= 15 is 0 Å². The fourth-order valence-corrected chi connectivity index (χ4v) is 2.72. The standard InChI is InChI=1S/C21H26N2O5/c1-14(2)13-28-19-10-9-16(11-20(19)27-4)15(3)22-21(24)12-17-7-5-6-8-18(17)23(25)26/h5-11,14-15H,12-13H2,1-4H3,(H,22,24)/t15-/m0/s1. The average molecular weight is 386 g/mol. The van der Waals surface area contributed by atoms with Crippen LogP contribution >= 0.6 is 0 Å². The molecule has 1 N–H and O–H groups in total. The van der Waals surface area contributed by atoms with Crippen molar-refractivity contribution in [3.8, 4) is 11.5 Å². The second-order valence-electron chi connectivity index (χ2n) is 6.97. The van der Waals surface area contributed by atoms with Crippen LogP contribution in [0, 0.1) is 16.0 Å². The molecule has 150 valence electrons. The van der Waals surface area contributed by atoms with Gasteiger partial charge in [-0.25, -0.2) is 0 Å². The quantitative estimate of drug-likeness (QED) is 0.518. The molecule has 0 aliphatic heterocycles. The Bertz CT molecular complexity index is 835. The van der Waals surface area contributed by atoms with Crippen molar-refractivity contribution < 1.29 is 19.2 Å². The van der Waals surface area contributed by atoms with Gasteiger partial charge in [-0.1, -0.05) is 38.1 Å². The van der Waals surface area contributed by atoms with Gasteiger partial charge in [-0.3, -0.25) is 14.9 Å². The van der Waals surface area contributed by atoms with E-state index in [9.17, 15) is 14.9 Å². The second kappa shape index (κ2) is 9.73. The van der Waals surface area contributed by atoms with Crippen molar-refractivity contribution >= 4 is 11.6 Å². The van der Waals surface area contributed by atoms with E-state index in [1.807, 2.05) is 25.1 Å². The van der Waals surface area contributed by atoms with Gasteiger partial charge in [-0.05, 0) is 30.5 Å². The summed E-state index contributed by atoms with van der Waals surface area (Å²) >= 11 is 0. The van der Waals surface area contributed by atoms with Gasteiger partial charge < -0.3 is 14.8 Å². The van der Waals surface area contributed by atoms with Crippen molar-refractivity contribution in [2.45, 2.75) is 33.2 Å². The van der Waals surface area contributed by atoms with Gasteiger partial charge in [0.1, 0.15) is 0 Å². The largest absolute Gasteiger partial charge is 0.493 e. The number of nitrogens with zero attached hydrogens (tertiary/aromatic N) is 1. The summed E-state index contributed by atoms with van der Waals surface area (Å²) in [4.78, 5) is 23.0. The van der Waals surface area contributed by atoms with Gasteiger partial charge in [0, 0.05) is 11.6 Å². The normalized spacial score (nSPS) is 11.8. The highest BCUT2D eigenvalue weighted by Gasteiger charge is 2.18. The fraction of sp³-hybridized carbons (Fsp3) is 0.381. The van der Waals surface area contributed by atoms with Gasteiger partial charge in [0.2, 0.25) is 5.91 Å². The maximum absolute atomic E-state index is 12.4. The maximum atomic E-state index is 12.4. The zero-order valence-corrected chi connectivity index (χ0v) is 16.6. The lowest BCUT2D eigenvalue weighted by Crippen LogP contribution is -2.28. The molecule has 0 spiro atoms. The van der Waals surface area contributed by atoms with E-state index in [1.54, 1.807) is 25.3 Å². The van der Waals surface area contributed by atoms with Crippen LogP contribution < -0.4 is 14.8 Å². The number of nitro benzene ring substituents is 1. The van der Waals surface area contributed by atoms with Gasteiger partial charge in [0.25, 0.3) is 5.69 Å². The summed E-state index contributed by atoms with van der Waals surface area (Å²) < 4.78 is 11.1. The van der Waals surface area contributed by atoms with E-state index < -0.39 is 4.92 Å². The highest BCUT2D eigenvalue weighted by Crippen LogP contribution is 2.30. The molecule has 0 aliphatic carbocycles. The summed E-state index contributed by atoms with van der Waals surface area (Å²) in [7, 11) is 1.57. The number of benzene rings is 2. The van der Waals surface area contributed by atoms with E-state index in [-0.39, 0.29) is 24.1 Å². The van der Waals surface area contributed by atoms with Crippen molar-refractivity contribution in [1.82, 2.24) is 5.32 Å². The molecular formula is C21H26N2O5. The van der Waals surface area contributed by atoms with Gasteiger partial charge in [-0.15, -0.1) is 0 Å². The summed E-state index contributed by atoms with van der Waals surface area (Å²) in [6.45, 7) is 6.56. The third-order valence-corrected chi connectivity index (χ3v) is 4.18. The lowest BCUT2D eigenvalue weighted by atomic mass is 10.1. The lowest BCUT2D eigenvalue weighted by molar-refractivity contribution is -0.385. The molecule has 2 aromatic rings. The third kappa shape index (κ3) is 5.70. The number of nitrogens with one attached hydrogen (secondary N) is 1. The predicted molar refractivity (Wildman–Crippen MR) is 107 cm³/mol. The Labute approximate surface area is 164 Å². The molecule has 2 rings (SSSR count). The van der Waals surface area contributed by atoms with Crippen molar-refractivity contribution in [2.24, 2.45) is 5.92 Å². The molecule has 0 bridgehead atoms. The molecule has 7 nitrogen and oxygen atoms in total. The minimum absolute atomic E-state index is 0.0568. The lowest BCUT2D eigenvalue weighted by Gasteiger charge is -2.18. The van der Waals surface area contributed by atoms with E-state index in [4.69, 9.17) is 9.47 Å². The Balaban J connectivity index is 2.07. The van der Waals surface area contributed by atoms with Crippen molar-refractivity contribution in [3.05, 3.63) is 63.7 Å². The van der Waals surface area contributed by atoms with Crippen LogP contribution in [0.25, 0.3) is 0 Å². The number of hydrogen-bond donors (Lipinski definition) is 1.